The summed E-state index contributed by atoms with van der Waals surface area (Å²) in [5.41, 5.74) is 7.39. The van der Waals surface area contributed by atoms with Crippen LogP contribution in [0.15, 0.2) is 5.11 Å². The molecule has 0 rings (SSSR count). The number of amides is 1. The highest BCUT2D eigenvalue weighted by atomic mass is 16.1. The summed E-state index contributed by atoms with van der Waals surface area (Å²) in [6.07, 6.45) is 0. The lowest BCUT2D eigenvalue weighted by atomic mass is 10.1. The van der Waals surface area contributed by atoms with Gasteiger partial charge in [0.15, 0.2) is 13.7 Å². The molecule has 0 spiro atoms. The maximum atomic E-state index is 9.40. The molecule has 0 unspecified atom stereocenters. The van der Waals surface area contributed by atoms with Gasteiger partial charge in [0, 0.05) is 4.91 Å². The topological polar surface area (TPSA) is 65.8 Å². The molecule has 0 aromatic heterocycles. The monoisotopic (exact) mass is 81.0 g/mol. The van der Waals surface area contributed by atoms with E-state index in [1.165, 1.54) is 0 Å². The van der Waals surface area contributed by atoms with Gasteiger partial charge in [0.25, 0.3) is 0 Å². The molecule has 0 aromatic carbocycles. The smallest absolute Gasteiger partial charge is 0.177 e. The molecule has 0 N–H and O–H groups in total. The number of rotatable bonds is 0. The molecule has 0 aliphatic carbocycles. The highest BCUT2D eigenvalue weighted by molar-refractivity contribution is 6.57. The van der Waals surface area contributed by atoms with Gasteiger partial charge >= 0.3 is 0 Å². The summed E-state index contributed by atoms with van der Waals surface area (Å²) in [5.74, 6) is -1.00. The van der Waals surface area contributed by atoms with Gasteiger partial charge in [0.05, 0.1) is 0 Å². The summed E-state index contributed by atoms with van der Waals surface area (Å²) in [6.45, 7) is 0. The van der Waals surface area contributed by atoms with Crippen LogP contribution >= 0.6 is 0 Å². The predicted molar refractivity (Wildman–Crippen MR) is 20.3 cm³/mol. The van der Waals surface area contributed by atoms with Gasteiger partial charge in [0.2, 0.25) is 0 Å². The Bertz CT molecular complexity index is 103. The van der Waals surface area contributed by atoms with Crippen LogP contribution in [0.3, 0.4) is 0 Å². The summed E-state index contributed by atoms with van der Waals surface area (Å²) < 4.78 is 0. The summed E-state index contributed by atoms with van der Waals surface area (Å²) in [6, 6.07) is 0. The zero-order chi connectivity index (χ0) is 4.99. The van der Waals surface area contributed by atoms with Crippen LogP contribution in [0.1, 0.15) is 0 Å². The molecule has 28 valence electrons. The molecule has 0 saturated carbocycles. The standard InChI is InChI=1S/CBN3O/c2-1(6)4-5-3. The first-order chi connectivity index (χ1) is 2.77. The van der Waals surface area contributed by atoms with Crippen LogP contribution < -0.4 is 0 Å². The molecule has 0 saturated heterocycles. The van der Waals surface area contributed by atoms with E-state index in [0.29, 0.717) is 0 Å². The van der Waals surface area contributed by atoms with E-state index < -0.39 is 5.81 Å². The van der Waals surface area contributed by atoms with Gasteiger partial charge < -0.3 is 4.79 Å². The van der Waals surface area contributed by atoms with Crippen molar-refractivity contribution in [1.29, 1.82) is 0 Å². The lowest BCUT2D eigenvalue weighted by Crippen LogP contribution is -1.79. The average Bonchev–Trinajstić information content (AvgIpc) is 1.35. The number of carbonyl (C=O) groups excluding carboxylic acids is 1. The first-order valence-corrected chi connectivity index (χ1v) is 1.12. The van der Waals surface area contributed by atoms with Gasteiger partial charge in [-0.1, -0.05) is 0 Å². The second-order valence-electron chi connectivity index (χ2n) is 0.528. The van der Waals surface area contributed by atoms with Gasteiger partial charge in [-0.15, -0.1) is 0 Å². The Morgan fingerprint density at radius 3 is 2.50 bits per heavy atom. The minimum absolute atomic E-state index is 1.00. The molecule has 0 atom stereocenters. The van der Waals surface area contributed by atoms with Crippen molar-refractivity contribution >= 4 is 13.7 Å². The second kappa shape index (κ2) is 2.29. The quantitative estimate of drug-likeness (QED) is 0.182. The van der Waals surface area contributed by atoms with Crippen LogP contribution in [-0.4, -0.2) is 13.7 Å². The minimum Gasteiger partial charge on any atom is -0.306 e. The summed E-state index contributed by atoms with van der Waals surface area (Å²) in [4.78, 5) is 11.5. The first kappa shape index (κ1) is 5.04. The van der Waals surface area contributed by atoms with Crippen molar-refractivity contribution < 1.29 is 4.79 Å². The Hall–Kier alpha value is -0.955. The molecule has 6 heavy (non-hydrogen) atoms. The van der Waals surface area contributed by atoms with Crippen molar-refractivity contribution in [3.63, 3.8) is 0 Å². The lowest BCUT2D eigenvalue weighted by Gasteiger charge is -1.61. The number of hydrogen-bond acceptors (Lipinski definition) is 1. The molecule has 0 fully saturated rings. The zero-order valence-corrected chi connectivity index (χ0v) is 2.83. The van der Waals surface area contributed by atoms with Crippen LogP contribution in [0.2, 0.25) is 0 Å². The highest BCUT2D eigenvalue weighted by Crippen LogP contribution is 1.66. The van der Waals surface area contributed by atoms with E-state index >= 15 is 0 Å². The molecular formula is CBN3O. The fraction of sp³-hybridized carbons (Fsp3) is 0. The first-order valence-electron chi connectivity index (χ1n) is 1.12. The fourth-order valence-corrected chi connectivity index (χ4v) is 0.0441. The highest BCUT2D eigenvalue weighted by Gasteiger charge is 1.74. The van der Waals surface area contributed by atoms with Crippen LogP contribution in [0.4, 0.5) is 4.79 Å². The number of azide groups is 1. The van der Waals surface area contributed by atoms with Crippen LogP contribution in [0, 0.1) is 0 Å². The Morgan fingerprint density at radius 1 is 2.00 bits per heavy atom. The minimum atomic E-state index is -1.00. The van der Waals surface area contributed by atoms with E-state index in [1.54, 1.807) is 0 Å². The van der Waals surface area contributed by atoms with Gasteiger partial charge in [-0.3, -0.25) is 0 Å². The average molecular weight is 80.8 g/mol. The molecule has 2 radical (unpaired) electrons. The van der Waals surface area contributed by atoms with Gasteiger partial charge in [0.1, 0.15) is 0 Å². The second-order valence-corrected chi connectivity index (χ2v) is 0.528. The Kier molecular flexibility index (Phi) is 1.93. The van der Waals surface area contributed by atoms with Crippen LogP contribution in [0.25, 0.3) is 10.4 Å². The zero-order valence-electron chi connectivity index (χ0n) is 2.83. The molecular weight excluding hydrogens is 80.8 g/mol. The van der Waals surface area contributed by atoms with E-state index in [9.17, 15) is 4.79 Å². The molecule has 0 heterocycles. The van der Waals surface area contributed by atoms with Crippen molar-refractivity contribution in [2.75, 3.05) is 0 Å². The lowest BCUT2D eigenvalue weighted by molar-refractivity contribution is 0.266. The number of nitrogens with zero attached hydrogens (tertiary/aromatic N) is 3. The van der Waals surface area contributed by atoms with Gasteiger partial charge in [-0.05, 0) is 10.6 Å². The van der Waals surface area contributed by atoms with Crippen molar-refractivity contribution in [1.82, 2.24) is 0 Å². The molecule has 5 heteroatoms. The van der Waals surface area contributed by atoms with Crippen molar-refractivity contribution in [2.24, 2.45) is 5.11 Å². The van der Waals surface area contributed by atoms with Crippen LogP contribution in [-0.2, 0) is 0 Å². The molecule has 4 nitrogen and oxygen atoms in total. The van der Waals surface area contributed by atoms with Gasteiger partial charge in [-0.2, -0.15) is 0 Å². The maximum absolute atomic E-state index is 9.40. The summed E-state index contributed by atoms with van der Waals surface area (Å²) >= 11 is 0. The number of carbonyl (C=O) groups is 1. The molecule has 0 aromatic rings. The third-order valence-corrected chi connectivity index (χ3v) is 0.143. The Labute approximate surface area is 35.2 Å². The molecule has 1 amide bonds. The van der Waals surface area contributed by atoms with Crippen molar-refractivity contribution in [2.45, 2.75) is 0 Å². The normalized spacial score (nSPS) is 6.00. The van der Waals surface area contributed by atoms with E-state index in [1.807, 2.05) is 0 Å². The van der Waals surface area contributed by atoms with E-state index in [-0.39, 0.29) is 0 Å². The summed E-state index contributed by atoms with van der Waals surface area (Å²) in [5, 5.41) is 2.44. The predicted octanol–water partition coefficient (Wildman–Crippen LogP) is 0.585. The van der Waals surface area contributed by atoms with Crippen LogP contribution in [0.5, 0.6) is 0 Å². The van der Waals surface area contributed by atoms with E-state index in [4.69, 9.17) is 5.53 Å². The third kappa shape index (κ3) is 3.04. The third-order valence-electron chi connectivity index (χ3n) is 0.143. The van der Waals surface area contributed by atoms with Gasteiger partial charge in [-0.25, -0.2) is 0 Å². The Balaban J connectivity index is 3.60. The maximum Gasteiger partial charge on any atom is 0.177 e. The SMILES string of the molecule is [B]C(=O)N=[N+]=[N-]. The van der Waals surface area contributed by atoms with E-state index in [0.717, 1.165) is 0 Å². The van der Waals surface area contributed by atoms with Crippen molar-refractivity contribution in [3.05, 3.63) is 10.4 Å². The van der Waals surface area contributed by atoms with E-state index in [2.05, 4.69) is 17.9 Å². The fourth-order valence-electron chi connectivity index (χ4n) is 0.0441. The molecule has 0 bridgehead atoms. The molecule has 0 aliphatic rings. The van der Waals surface area contributed by atoms with Crippen molar-refractivity contribution in [3.8, 4) is 0 Å². The Morgan fingerprint density at radius 2 is 2.50 bits per heavy atom. The number of hydrogen-bond donors (Lipinski definition) is 0. The molecule has 0 aliphatic heterocycles. The summed E-state index contributed by atoms with van der Waals surface area (Å²) in [7, 11) is 4.34. The largest absolute Gasteiger partial charge is 0.306 e.